The molecule has 0 bridgehead atoms. The predicted molar refractivity (Wildman–Crippen MR) is 75.4 cm³/mol. The van der Waals surface area contributed by atoms with Gasteiger partial charge >= 0.3 is 0 Å². The van der Waals surface area contributed by atoms with Crippen LogP contribution in [0.1, 0.15) is 16.7 Å². The Morgan fingerprint density at radius 2 is 1.95 bits per heavy atom. The average molecular weight is 292 g/mol. The lowest BCUT2D eigenvalue weighted by molar-refractivity contribution is 0.281. The van der Waals surface area contributed by atoms with E-state index in [0.29, 0.717) is 5.56 Å². The van der Waals surface area contributed by atoms with Crippen molar-refractivity contribution in [2.24, 2.45) is 0 Å². The van der Waals surface area contributed by atoms with E-state index in [-0.39, 0.29) is 18.2 Å². The Kier molecular flexibility index (Phi) is 4.49. The second-order valence-corrected chi connectivity index (χ2v) is 6.13. The molecule has 2 aromatic rings. The van der Waals surface area contributed by atoms with Gasteiger partial charge in [0.2, 0.25) is 0 Å². The SMILES string of the molecule is Cc1ccccc1CNS(=O)(=O)c1ccc(CO)cn1. The van der Waals surface area contributed by atoms with Crippen LogP contribution in [0.2, 0.25) is 0 Å². The van der Waals surface area contributed by atoms with E-state index in [1.54, 1.807) is 0 Å². The molecule has 0 aliphatic rings. The highest BCUT2D eigenvalue weighted by Crippen LogP contribution is 2.10. The van der Waals surface area contributed by atoms with Crippen molar-refractivity contribution >= 4 is 10.0 Å². The maximum absolute atomic E-state index is 12.1. The van der Waals surface area contributed by atoms with Crippen LogP contribution in [0.3, 0.4) is 0 Å². The molecular weight excluding hydrogens is 276 g/mol. The summed E-state index contributed by atoms with van der Waals surface area (Å²) in [6, 6.07) is 10.5. The van der Waals surface area contributed by atoms with Gasteiger partial charge in [0.25, 0.3) is 10.0 Å². The van der Waals surface area contributed by atoms with Gasteiger partial charge in [0.15, 0.2) is 5.03 Å². The first kappa shape index (κ1) is 14.6. The molecule has 0 unspecified atom stereocenters. The van der Waals surface area contributed by atoms with E-state index >= 15 is 0 Å². The standard InChI is InChI=1S/C14H16N2O3S/c1-11-4-2-3-5-13(11)9-16-20(18,19)14-7-6-12(10-17)8-15-14/h2-8,16-17H,9-10H2,1H3. The van der Waals surface area contributed by atoms with Gasteiger partial charge in [-0.25, -0.2) is 18.1 Å². The Morgan fingerprint density at radius 1 is 1.20 bits per heavy atom. The second-order valence-electron chi connectivity index (χ2n) is 4.41. The Morgan fingerprint density at radius 3 is 2.55 bits per heavy atom. The number of aromatic nitrogens is 1. The maximum Gasteiger partial charge on any atom is 0.258 e. The number of rotatable bonds is 5. The van der Waals surface area contributed by atoms with Crippen molar-refractivity contribution in [2.75, 3.05) is 0 Å². The summed E-state index contributed by atoms with van der Waals surface area (Å²) >= 11 is 0. The molecule has 0 amide bonds. The molecule has 0 saturated heterocycles. The van der Waals surface area contributed by atoms with E-state index in [0.717, 1.165) is 11.1 Å². The summed E-state index contributed by atoms with van der Waals surface area (Å²) in [5, 5.41) is 8.86. The third-order valence-electron chi connectivity index (χ3n) is 2.97. The topological polar surface area (TPSA) is 79.3 Å². The number of aliphatic hydroxyl groups is 1. The quantitative estimate of drug-likeness (QED) is 0.872. The predicted octanol–water partition coefficient (Wildman–Crippen LogP) is 1.36. The van der Waals surface area contributed by atoms with Crippen LogP contribution >= 0.6 is 0 Å². The average Bonchev–Trinajstić information content (AvgIpc) is 2.46. The monoisotopic (exact) mass is 292 g/mol. The number of benzene rings is 1. The van der Waals surface area contributed by atoms with Crippen LogP contribution in [0.4, 0.5) is 0 Å². The first-order chi connectivity index (χ1) is 9.53. The third-order valence-corrected chi connectivity index (χ3v) is 4.29. The molecule has 2 N–H and O–H groups in total. The molecule has 1 aromatic heterocycles. The van der Waals surface area contributed by atoms with Crippen LogP contribution in [0.15, 0.2) is 47.6 Å². The second kappa shape index (κ2) is 6.13. The van der Waals surface area contributed by atoms with Crippen LogP contribution in [0.25, 0.3) is 0 Å². The Balaban J connectivity index is 2.13. The number of nitrogens with zero attached hydrogens (tertiary/aromatic N) is 1. The fourth-order valence-electron chi connectivity index (χ4n) is 1.72. The minimum Gasteiger partial charge on any atom is -0.392 e. The van der Waals surface area contributed by atoms with Gasteiger partial charge in [0.1, 0.15) is 0 Å². The van der Waals surface area contributed by atoms with Gasteiger partial charge in [-0.3, -0.25) is 0 Å². The highest BCUT2D eigenvalue weighted by molar-refractivity contribution is 7.89. The van der Waals surface area contributed by atoms with E-state index < -0.39 is 10.0 Å². The normalized spacial score (nSPS) is 11.5. The molecule has 106 valence electrons. The van der Waals surface area contributed by atoms with Gasteiger partial charge in [-0.05, 0) is 29.7 Å². The fourth-order valence-corrected chi connectivity index (χ4v) is 2.65. The Hall–Kier alpha value is -1.76. The van der Waals surface area contributed by atoms with Crippen LogP contribution < -0.4 is 4.72 Å². The summed E-state index contributed by atoms with van der Waals surface area (Å²) in [5.74, 6) is 0. The summed E-state index contributed by atoms with van der Waals surface area (Å²) in [6.45, 7) is 1.99. The molecule has 1 aromatic carbocycles. The molecule has 2 rings (SSSR count). The zero-order valence-corrected chi connectivity index (χ0v) is 11.9. The zero-order chi connectivity index (χ0) is 14.6. The van der Waals surface area contributed by atoms with Crippen molar-refractivity contribution in [1.82, 2.24) is 9.71 Å². The number of aliphatic hydroxyl groups excluding tert-OH is 1. The van der Waals surface area contributed by atoms with Crippen LogP contribution in [0.5, 0.6) is 0 Å². The van der Waals surface area contributed by atoms with E-state index in [1.807, 2.05) is 31.2 Å². The van der Waals surface area contributed by atoms with Crippen molar-refractivity contribution in [3.05, 3.63) is 59.3 Å². The molecule has 20 heavy (non-hydrogen) atoms. The molecule has 0 aliphatic heterocycles. The van der Waals surface area contributed by atoms with Gasteiger partial charge in [-0.2, -0.15) is 0 Å². The summed E-state index contributed by atoms with van der Waals surface area (Å²) in [6.07, 6.45) is 1.35. The number of nitrogens with one attached hydrogen (secondary N) is 1. The van der Waals surface area contributed by atoms with Gasteiger partial charge in [-0.15, -0.1) is 0 Å². The smallest absolute Gasteiger partial charge is 0.258 e. The molecule has 6 heteroatoms. The lowest BCUT2D eigenvalue weighted by atomic mass is 10.1. The molecular formula is C14H16N2O3S. The number of sulfonamides is 1. The first-order valence-corrected chi connectivity index (χ1v) is 7.61. The highest BCUT2D eigenvalue weighted by atomic mass is 32.2. The molecule has 0 atom stereocenters. The van der Waals surface area contributed by atoms with Crippen molar-refractivity contribution in [3.63, 3.8) is 0 Å². The lowest BCUT2D eigenvalue weighted by Crippen LogP contribution is -2.24. The zero-order valence-electron chi connectivity index (χ0n) is 11.1. The minimum atomic E-state index is -3.64. The maximum atomic E-state index is 12.1. The number of hydrogen-bond acceptors (Lipinski definition) is 4. The Labute approximate surface area is 118 Å². The highest BCUT2D eigenvalue weighted by Gasteiger charge is 2.15. The Bertz CT molecular complexity index is 682. The number of hydrogen-bond donors (Lipinski definition) is 2. The minimum absolute atomic E-state index is 0.0525. The largest absolute Gasteiger partial charge is 0.392 e. The molecule has 5 nitrogen and oxygen atoms in total. The van der Waals surface area contributed by atoms with E-state index in [1.165, 1.54) is 18.3 Å². The first-order valence-electron chi connectivity index (χ1n) is 6.13. The van der Waals surface area contributed by atoms with Crippen LogP contribution in [0, 0.1) is 6.92 Å². The van der Waals surface area contributed by atoms with Gasteiger partial charge < -0.3 is 5.11 Å². The van der Waals surface area contributed by atoms with E-state index in [9.17, 15) is 8.42 Å². The third kappa shape index (κ3) is 3.41. The van der Waals surface area contributed by atoms with Crippen LogP contribution in [-0.4, -0.2) is 18.5 Å². The molecule has 1 heterocycles. The van der Waals surface area contributed by atoms with E-state index in [4.69, 9.17) is 5.11 Å². The lowest BCUT2D eigenvalue weighted by Gasteiger charge is -2.08. The van der Waals surface area contributed by atoms with Gasteiger partial charge in [0, 0.05) is 12.7 Å². The number of pyridine rings is 1. The molecule has 0 saturated carbocycles. The molecule has 0 spiro atoms. The summed E-state index contributed by atoms with van der Waals surface area (Å²) in [7, 11) is -3.64. The van der Waals surface area contributed by atoms with Crippen molar-refractivity contribution in [1.29, 1.82) is 0 Å². The molecule has 0 aliphatic carbocycles. The van der Waals surface area contributed by atoms with Crippen molar-refractivity contribution in [3.8, 4) is 0 Å². The molecule has 0 radical (unpaired) electrons. The van der Waals surface area contributed by atoms with Crippen LogP contribution in [-0.2, 0) is 23.2 Å². The summed E-state index contributed by atoms with van der Waals surface area (Å²) < 4.78 is 26.7. The number of aryl methyl sites for hydroxylation is 1. The summed E-state index contributed by atoms with van der Waals surface area (Å²) in [5.41, 5.74) is 2.52. The van der Waals surface area contributed by atoms with E-state index in [2.05, 4.69) is 9.71 Å². The van der Waals surface area contributed by atoms with Gasteiger partial charge in [-0.1, -0.05) is 30.3 Å². The van der Waals surface area contributed by atoms with Crippen molar-refractivity contribution in [2.45, 2.75) is 25.1 Å². The summed E-state index contributed by atoms with van der Waals surface area (Å²) in [4.78, 5) is 3.85. The molecule has 0 fully saturated rings. The van der Waals surface area contributed by atoms with Gasteiger partial charge in [0.05, 0.1) is 6.61 Å². The van der Waals surface area contributed by atoms with Crippen molar-refractivity contribution < 1.29 is 13.5 Å². The fraction of sp³-hybridized carbons (Fsp3) is 0.214.